The second-order valence-corrected chi connectivity index (χ2v) is 3.09. The zero-order chi connectivity index (χ0) is 11.8. The molecule has 3 heteroatoms. The largest absolute Gasteiger partial charge is 0.366 e. The van der Waals surface area contributed by atoms with Crippen LogP contribution in [0.3, 0.4) is 0 Å². The van der Waals surface area contributed by atoms with Gasteiger partial charge >= 0.3 is 0 Å². The fraction of sp³-hybridized carbons (Fsp3) is 0.417. The second-order valence-electron chi connectivity index (χ2n) is 3.09. The van der Waals surface area contributed by atoms with E-state index in [0.29, 0.717) is 5.56 Å². The molecule has 2 N–H and O–H groups in total. The van der Waals surface area contributed by atoms with Gasteiger partial charge in [-0.25, -0.2) is 0 Å². The van der Waals surface area contributed by atoms with E-state index in [1.165, 1.54) is 6.92 Å². The van der Waals surface area contributed by atoms with E-state index in [1.807, 2.05) is 32.0 Å². The summed E-state index contributed by atoms with van der Waals surface area (Å²) in [5.41, 5.74) is 7.92. The Morgan fingerprint density at radius 2 is 1.93 bits per heavy atom. The van der Waals surface area contributed by atoms with Crippen molar-refractivity contribution in [1.29, 1.82) is 0 Å². The Morgan fingerprint density at radius 1 is 1.40 bits per heavy atom. The van der Waals surface area contributed by atoms with Crippen LogP contribution in [0, 0.1) is 6.92 Å². The number of aryl methyl sites for hydroxylation is 2. The standard InChI is InChI=1S/C10H13NO.C2H5F/c1-3-8-6-4-5-7(2)9(8)10(11)12;1-2-3/h4-6H,3H2,1-2H3,(H2,11,12);2H2,1H3. The molecule has 0 radical (unpaired) electrons. The lowest BCUT2D eigenvalue weighted by Crippen LogP contribution is -2.15. The summed E-state index contributed by atoms with van der Waals surface area (Å²) in [6.45, 7) is 5.13. The molecule has 0 saturated carbocycles. The zero-order valence-electron chi connectivity index (χ0n) is 9.51. The van der Waals surface area contributed by atoms with Gasteiger partial charge in [0.1, 0.15) is 0 Å². The van der Waals surface area contributed by atoms with Crippen LogP contribution >= 0.6 is 0 Å². The van der Waals surface area contributed by atoms with E-state index in [0.717, 1.165) is 17.5 Å². The maximum Gasteiger partial charge on any atom is 0.249 e. The summed E-state index contributed by atoms with van der Waals surface area (Å²) >= 11 is 0. The lowest BCUT2D eigenvalue weighted by molar-refractivity contribution is 0.0999. The van der Waals surface area contributed by atoms with E-state index in [9.17, 15) is 9.18 Å². The first kappa shape index (κ1) is 13.6. The van der Waals surface area contributed by atoms with Gasteiger partial charge in [0.05, 0.1) is 6.67 Å². The minimum atomic E-state index is -0.329. The predicted octanol–water partition coefficient (Wildman–Crippen LogP) is 2.63. The van der Waals surface area contributed by atoms with Gasteiger partial charge in [-0.05, 0) is 31.4 Å². The number of benzene rings is 1. The average Bonchev–Trinajstić information content (AvgIpc) is 2.17. The van der Waals surface area contributed by atoms with Crippen LogP contribution in [0.1, 0.15) is 35.3 Å². The minimum Gasteiger partial charge on any atom is -0.366 e. The highest BCUT2D eigenvalue weighted by Crippen LogP contribution is 2.13. The third kappa shape index (κ3) is 4.11. The van der Waals surface area contributed by atoms with Crippen LogP contribution in [0.5, 0.6) is 0 Å². The van der Waals surface area contributed by atoms with Crippen molar-refractivity contribution >= 4 is 5.91 Å². The van der Waals surface area contributed by atoms with E-state index in [1.54, 1.807) is 0 Å². The molecule has 0 saturated heterocycles. The number of carbonyl (C=O) groups is 1. The van der Waals surface area contributed by atoms with Crippen molar-refractivity contribution in [2.75, 3.05) is 6.67 Å². The molecular weight excluding hydrogens is 193 g/mol. The smallest absolute Gasteiger partial charge is 0.249 e. The third-order valence-corrected chi connectivity index (χ3v) is 1.99. The molecule has 0 aromatic heterocycles. The Kier molecular flexibility index (Phi) is 6.34. The van der Waals surface area contributed by atoms with Crippen molar-refractivity contribution in [2.45, 2.75) is 27.2 Å². The van der Waals surface area contributed by atoms with Gasteiger partial charge in [0.25, 0.3) is 0 Å². The van der Waals surface area contributed by atoms with Gasteiger partial charge in [-0.3, -0.25) is 9.18 Å². The van der Waals surface area contributed by atoms with Crippen LogP contribution in [0.4, 0.5) is 4.39 Å². The van der Waals surface area contributed by atoms with E-state index in [-0.39, 0.29) is 12.6 Å². The van der Waals surface area contributed by atoms with Crippen LogP contribution in [0.2, 0.25) is 0 Å². The second kappa shape index (κ2) is 6.98. The molecule has 15 heavy (non-hydrogen) atoms. The monoisotopic (exact) mass is 211 g/mol. The van der Waals surface area contributed by atoms with Crippen LogP contribution in [-0.4, -0.2) is 12.6 Å². The molecule has 1 amide bonds. The number of hydrogen-bond donors (Lipinski definition) is 1. The molecule has 2 nitrogen and oxygen atoms in total. The van der Waals surface area contributed by atoms with Gasteiger partial charge in [0.2, 0.25) is 5.91 Å². The molecule has 0 spiro atoms. The molecule has 0 aliphatic heterocycles. The Balaban J connectivity index is 0.000000583. The summed E-state index contributed by atoms with van der Waals surface area (Å²) < 4.78 is 10.3. The molecule has 0 heterocycles. The average molecular weight is 211 g/mol. The fourth-order valence-electron chi connectivity index (χ4n) is 1.38. The quantitative estimate of drug-likeness (QED) is 0.802. The topological polar surface area (TPSA) is 43.1 Å². The van der Waals surface area contributed by atoms with Gasteiger partial charge in [-0.2, -0.15) is 0 Å². The summed E-state index contributed by atoms with van der Waals surface area (Å²) in [5, 5.41) is 0. The maximum absolute atomic E-state index is 11.0. The normalized spacial score (nSPS) is 9.07. The molecule has 0 aliphatic carbocycles. The highest BCUT2D eigenvalue weighted by molar-refractivity contribution is 5.95. The number of primary amides is 1. The first-order chi connectivity index (χ1) is 7.08. The molecular formula is C12H18FNO. The summed E-state index contributed by atoms with van der Waals surface area (Å²) in [6.07, 6.45) is 0.847. The number of nitrogens with two attached hydrogens (primary N) is 1. The molecule has 0 unspecified atom stereocenters. The summed E-state index contributed by atoms with van der Waals surface area (Å²) in [7, 11) is 0. The fourth-order valence-corrected chi connectivity index (χ4v) is 1.38. The number of amides is 1. The predicted molar refractivity (Wildman–Crippen MR) is 60.7 cm³/mol. The Labute approximate surface area is 90.3 Å². The molecule has 0 atom stereocenters. The van der Waals surface area contributed by atoms with Crippen molar-refractivity contribution < 1.29 is 9.18 Å². The first-order valence-corrected chi connectivity index (χ1v) is 5.02. The van der Waals surface area contributed by atoms with Gasteiger partial charge in [0.15, 0.2) is 0 Å². The number of rotatable bonds is 2. The number of hydrogen-bond acceptors (Lipinski definition) is 1. The van der Waals surface area contributed by atoms with Crippen LogP contribution in [-0.2, 0) is 6.42 Å². The van der Waals surface area contributed by atoms with Crippen LogP contribution < -0.4 is 5.73 Å². The lowest BCUT2D eigenvalue weighted by Gasteiger charge is -2.06. The summed E-state index contributed by atoms with van der Waals surface area (Å²) in [6, 6.07) is 5.78. The van der Waals surface area contributed by atoms with Gasteiger partial charge in [-0.15, -0.1) is 0 Å². The number of carbonyl (C=O) groups excluding carboxylic acids is 1. The molecule has 0 fully saturated rings. The first-order valence-electron chi connectivity index (χ1n) is 5.02. The SMILES string of the molecule is CCF.CCc1cccc(C)c1C(N)=O. The molecule has 1 rings (SSSR count). The molecule has 1 aromatic carbocycles. The van der Waals surface area contributed by atoms with Crippen LogP contribution in [0.25, 0.3) is 0 Å². The molecule has 1 aromatic rings. The Morgan fingerprint density at radius 3 is 2.27 bits per heavy atom. The minimum absolute atomic E-state index is 0.250. The molecule has 0 bridgehead atoms. The third-order valence-electron chi connectivity index (χ3n) is 1.99. The van der Waals surface area contributed by atoms with Crippen LogP contribution in [0.15, 0.2) is 18.2 Å². The zero-order valence-corrected chi connectivity index (χ0v) is 9.51. The van der Waals surface area contributed by atoms with E-state index in [4.69, 9.17) is 5.73 Å². The van der Waals surface area contributed by atoms with Gasteiger partial charge in [-0.1, -0.05) is 25.1 Å². The number of alkyl halides is 1. The lowest BCUT2D eigenvalue weighted by atomic mass is 10.00. The van der Waals surface area contributed by atoms with E-state index >= 15 is 0 Å². The molecule has 84 valence electrons. The van der Waals surface area contributed by atoms with Gasteiger partial charge in [0, 0.05) is 5.56 Å². The van der Waals surface area contributed by atoms with E-state index < -0.39 is 0 Å². The van der Waals surface area contributed by atoms with Crippen molar-refractivity contribution in [3.63, 3.8) is 0 Å². The van der Waals surface area contributed by atoms with Crippen molar-refractivity contribution in [3.05, 3.63) is 34.9 Å². The van der Waals surface area contributed by atoms with E-state index in [2.05, 4.69) is 0 Å². The highest BCUT2D eigenvalue weighted by atomic mass is 19.1. The summed E-state index contributed by atoms with van der Waals surface area (Å²) in [5.74, 6) is -0.329. The molecule has 0 aliphatic rings. The van der Waals surface area contributed by atoms with Crippen molar-refractivity contribution in [3.8, 4) is 0 Å². The van der Waals surface area contributed by atoms with Crippen molar-refractivity contribution in [1.82, 2.24) is 0 Å². The Hall–Kier alpha value is -1.38. The Bertz CT molecular complexity index is 323. The highest BCUT2D eigenvalue weighted by Gasteiger charge is 2.08. The maximum atomic E-state index is 11.0. The number of halogens is 1. The van der Waals surface area contributed by atoms with Crippen molar-refractivity contribution in [2.24, 2.45) is 5.73 Å². The summed E-state index contributed by atoms with van der Waals surface area (Å²) in [4.78, 5) is 11.0. The van der Waals surface area contributed by atoms with Gasteiger partial charge < -0.3 is 5.73 Å².